The lowest BCUT2D eigenvalue weighted by molar-refractivity contribution is 0.340. The fourth-order valence-corrected chi connectivity index (χ4v) is 2.99. The first kappa shape index (κ1) is 19.4. The Hall–Kier alpha value is -2.35. The number of aromatic nitrogens is 3. The van der Waals surface area contributed by atoms with Crippen molar-refractivity contribution in [1.29, 1.82) is 0 Å². The van der Waals surface area contributed by atoms with Gasteiger partial charge >= 0.3 is 0 Å². The molecule has 0 saturated carbocycles. The van der Waals surface area contributed by atoms with Gasteiger partial charge in [-0.15, -0.1) is 5.10 Å². The van der Waals surface area contributed by atoms with E-state index in [-0.39, 0.29) is 0 Å². The Balaban J connectivity index is 1.57. The molecule has 1 heterocycles. The molecule has 1 aromatic heterocycles. The molecule has 0 aliphatic heterocycles. The third-order valence-electron chi connectivity index (χ3n) is 3.53. The Morgan fingerprint density at radius 1 is 1.15 bits per heavy atom. The smallest absolute Gasteiger partial charge is 0.248 e. The lowest BCUT2D eigenvalue weighted by atomic mass is 10.2. The third kappa shape index (κ3) is 5.56. The van der Waals surface area contributed by atoms with E-state index < -0.39 is 0 Å². The van der Waals surface area contributed by atoms with Gasteiger partial charge in [-0.05, 0) is 61.1 Å². The molecule has 6 nitrogen and oxygen atoms in total. The molecule has 2 N–H and O–H groups in total. The Morgan fingerprint density at radius 2 is 1.93 bits per heavy atom. The van der Waals surface area contributed by atoms with E-state index in [9.17, 15) is 0 Å². The zero-order valence-corrected chi connectivity index (χ0v) is 16.8. The highest BCUT2D eigenvalue weighted by Gasteiger charge is 2.07. The van der Waals surface area contributed by atoms with E-state index in [1.54, 1.807) is 23.1 Å². The maximum Gasteiger partial charge on any atom is 0.248 e. The zero-order chi connectivity index (χ0) is 19.2. The molecule has 0 bridgehead atoms. The number of benzene rings is 2. The summed E-state index contributed by atoms with van der Waals surface area (Å²) in [6, 6.07) is 12.9. The summed E-state index contributed by atoms with van der Waals surface area (Å²) >= 11 is 17.4. The number of anilines is 2. The third-order valence-corrected chi connectivity index (χ3v) is 4.32. The van der Waals surface area contributed by atoms with E-state index in [0.717, 1.165) is 17.0 Å². The van der Waals surface area contributed by atoms with Crippen molar-refractivity contribution in [1.82, 2.24) is 14.8 Å². The predicted octanol–water partition coefficient (Wildman–Crippen LogP) is 4.84. The highest BCUT2D eigenvalue weighted by molar-refractivity contribution is 7.80. The van der Waals surface area contributed by atoms with Crippen LogP contribution in [0, 0.1) is 0 Å². The molecule has 0 atom stereocenters. The quantitative estimate of drug-likeness (QED) is 0.555. The van der Waals surface area contributed by atoms with Crippen molar-refractivity contribution in [2.24, 2.45) is 0 Å². The van der Waals surface area contributed by atoms with Crippen LogP contribution in [-0.2, 0) is 6.54 Å². The van der Waals surface area contributed by atoms with Gasteiger partial charge in [0.15, 0.2) is 5.11 Å². The van der Waals surface area contributed by atoms with Crippen molar-refractivity contribution < 1.29 is 4.74 Å². The molecule has 2 aromatic carbocycles. The van der Waals surface area contributed by atoms with Crippen molar-refractivity contribution in [3.8, 4) is 5.75 Å². The summed E-state index contributed by atoms with van der Waals surface area (Å²) in [5.41, 5.74) is 1.73. The van der Waals surface area contributed by atoms with Gasteiger partial charge in [-0.1, -0.05) is 29.3 Å². The first-order chi connectivity index (χ1) is 13.0. The largest absolute Gasteiger partial charge is 0.494 e. The van der Waals surface area contributed by atoms with Crippen molar-refractivity contribution in [2.75, 3.05) is 17.2 Å². The summed E-state index contributed by atoms with van der Waals surface area (Å²) in [5.74, 6) is 1.20. The molecule has 27 heavy (non-hydrogen) atoms. The first-order valence-electron chi connectivity index (χ1n) is 8.17. The molecule has 0 saturated heterocycles. The summed E-state index contributed by atoms with van der Waals surface area (Å²) in [7, 11) is 0. The van der Waals surface area contributed by atoms with E-state index in [4.69, 9.17) is 40.2 Å². The standard InChI is InChI=1S/C18H17Cl2N5OS/c1-2-26-15-7-5-14(6-8-15)22-18(27)23-17-21-11-25(24-17)10-12-3-4-13(19)9-16(12)20/h3-9,11H,2,10H2,1H3,(H2,22,23,24,27). The van der Waals surface area contributed by atoms with Crippen LogP contribution in [0.2, 0.25) is 10.0 Å². The second kappa shape index (κ2) is 9.03. The van der Waals surface area contributed by atoms with Gasteiger partial charge in [-0.3, -0.25) is 5.32 Å². The minimum atomic E-state index is 0.390. The van der Waals surface area contributed by atoms with Crippen LogP contribution in [0.3, 0.4) is 0 Å². The topological polar surface area (TPSA) is 64.0 Å². The van der Waals surface area contributed by atoms with Crippen LogP contribution >= 0.6 is 35.4 Å². The minimum Gasteiger partial charge on any atom is -0.494 e. The fourth-order valence-electron chi connectivity index (χ4n) is 2.32. The highest BCUT2D eigenvalue weighted by atomic mass is 35.5. The Bertz CT molecular complexity index is 930. The van der Waals surface area contributed by atoms with Gasteiger partial charge in [0.1, 0.15) is 12.1 Å². The van der Waals surface area contributed by atoms with Gasteiger partial charge in [0, 0.05) is 15.7 Å². The zero-order valence-electron chi connectivity index (χ0n) is 14.4. The van der Waals surface area contributed by atoms with Crippen LogP contribution in [0.25, 0.3) is 0 Å². The monoisotopic (exact) mass is 421 g/mol. The number of halogens is 2. The summed E-state index contributed by atoms with van der Waals surface area (Å²) in [4.78, 5) is 4.20. The summed E-state index contributed by atoms with van der Waals surface area (Å²) < 4.78 is 7.08. The van der Waals surface area contributed by atoms with Crippen molar-refractivity contribution in [2.45, 2.75) is 13.5 Å². The number of nitrogens with zero attached hydrogens (tertiary/aromatic N) is 3. The lowest BCUT2D eigenvalue weighted by Gasteiger charge is -2.09. The SMILES string of the molecule is CCOc1ccc(NC(=S)Nc2ncn(Cc3ccc(Cl)cc3Cl)n2)cc1. The summed E-state index contributed by atoms with van der Waals surface area (Å²) in [5, 5.41) is 11.9. The molecule has 140 valence electrons. The molecule has 9 heteroatoms. The Kier molecular flexibility index (Phi) is 6.49. The second-order valence-electron chi connectivity index (χ2n) is 5.54. The molecule has 0 amide bonds. The van der Waals surface area contributed by atoms with Gasteiger partial charge in [-0.2, -0.15) is 0 Å². The van der Waals surface area contributed by atoms with Crippen molar-refractivity contribution in [3.05, 3.63) is 64.4 Å². The Morgan fingerprint density at radius 3 is 2.63 bits per heavy atom. The predicted molar refractivity (Wildman–Crippen MR) is 113 cm³/mol. The van der Waals surface area contributed by atoms with Crippen LogP contribution < -0.4 is 15.4 Å². The second-order valence-corrected chi connectivity index (χ2v) is 6.79. The van der Waals surface area contributed by atoms with Crippen LogP contribution in [0.1, 0.15) is 12.5 Å². The maximum absolute atomic E-state index is 6.19. The number of nitrogens with one attached hydrogen (secondary N) is 2. The van der Waals surface area contributed by atoms with Crippen LogP contribution in [0.4, 0.5) is 11.6 Å². The molecule has 3 rings (SSSR count). The number of hydrogen-bond donors (Lipinski definition) is 2. The molecular formula is C18H17Cl2N5OS. The molecule has 3 aromatic rings. The van der Waals surface area contributed by atoms with Gasteiger partial charge in [0.2, 0.25) is 5.95 Å². The van der Waals surface area contributed by atoms with E-state index in [2.05, 4.69) is 20.7 Å². The average molecular weight is 422 g/mol. The average Bonchev–Trinajstić information content (AvgIpc) is 3.06. The van der Waals surface area contributed by atoms with Crippen LogP contribution in [0.5, 0.6) is 5.75 Å². The van der Waals surface area contributed by atoms with Crippen LogP contribution in [0.15, 0.2) is 48.8 Å². The van der Waals surface area contributed by atoms with Crippen molar-refractivity contribution >= 4 is 52.2 Å². The molecule has 0 radical (unpaired) electrons. The lowest BCUT2D eigenvalue weighted by Crippen LogP contribution is -2.20. The van der Waals surface area contributed by atoms with Gasteiger partial charge in [0.05, 0.1) is 13.2 Å². The van der Waals surface area contributed by atoms with Gasteiger partial charge in [0.25, 0.3) is 0 Å². The molecule has 0 aliphatic rings. The van der Waals surface area contributed by atoms with Gasteiger partial charge in [-0.25, -0.2) is 9.67 Å². The Labute approximate surface area is 172 Å². The number of hydrogen-bond acceptors (Lipinski definition) is 4. The maximum atomic E-state index is 6.19. The number of rotatable bonds is 6. The highest BCUT2D eigenvalue weighted by Crippen LogP contribution is 2.21. The van der Waals surface area contributed by atoms with E-state index in [0.29, 0.717) is 34.3 Å². The summed E-state index contributed by atoms with van der Waals surface area (Å²) in [6.45, 7) is 3.05. The number of ether oxygens (including phenoxy) is 1. The van der Waals surface area contributed by atoms with Gasteiger partial charge < -0.3 is 10.1 Å². The van der Waals surface area contributed by atoms with E-state index >= 15 is 0 Å². The van der Waals surface area contributed by atoms with Crippen LogP contribution in [-0.4, -0.2) is 26.5 Å². The van der Waals surface area contributed by atoms with E-state index in [1.165, 1.54) is 0 Å². The fraction of sp³-hybridized carbons (Fsp3) is 0.167. The normalized spacial score (nSPS) is 10.5. The minimum absolute atomic E-state index is 0.390. The molecule has 0 fully saturated rings. The molecule has 0 aliphatic carbocycles. The summed E-state index contributed by atoms with van der Waals surface area (Å²) in [6.07, 6.45) is 1.60. The molecular weight excluding hydrogens is 405 g/mol. The molecule has 0 unspecified atom stereocenters. The molecule has 0 spiro atoms. The number of thiocarbonyl (C=S) groups is 1. The van der Waals surface area contributed by atoms with E-state index in [1.807, 2.05) is 37.3 Å². The van der Waals surface area contributed by atoms with Crippen molar-refractivity contribution in [3.63, 3.8) is 0 Å². The first-order valence-corrected chi connectivity index (χ1v) is 9.34.